The summed E-state index contributed by atoms with van der Waals surface area (Å²) in [4.78, 5) is 10.7. The Morgan fingerprint density at radius 3 is 3.06 bits per heavy atom. The van der Waals surface area contributed by atoms with E-state index in [1.54, 1.807) is 6.07 Å². The van der Waals surface area contributed by atoms with Crippen molar-refractivity contribution in [3.63, 3.8) is 0 Å². The van der Waals surface area contributed by atoms with Crippen LogP contribution >= 0.6 is 11.6 Å². The van der Waals surface area contributed by atoms with Gasteiger partial charge in [0.2, 0.25) is 0 Å². The molecule has 16 heavy (non-hydrogen) atoms. The van der Waals surface area contributed by atoms with Crippen LogP contribution in [0.2, 0.25) is 5.15 Å². The maximum absolute atomic E-state index is 10.7. The molecule has 0 amide bonds. The molecule has 1 heterocycles. The molecule has 0 fully saturated rings. The summed E-state index contributed by atoms with van der Waals surface area (Å²) in [5, 5.41) is 13.4. The molecule has 1 N–H and O–H groups in total. The van der Waals surface area contributed by atoms with Crippen LogP contribution in [0.4, 0.5) is 0 Å². The summed E-state index contributed by atoms with van der Waals surface area (Å²) < 4.78 is 5.11. The fraction of sp³-hybridized carbons (Fsp3) is 0.273. The van der Waals surface area contributed by atoms with Crippen LogP contribution in [-0.2, 0) is 4.79 Å². The normalized spacial score (nSPS) is 12.9. The quantitative estimate of drug-likeness (QED) is 0.894. The fourth-order valence-electron chi connectivity index (χ4n) is 1.71. The molecule has 0 bridgehead atoms. The van der Waals surface area contributed by atoms with Crippen molar-refractivity contribution in [2.45, 2.75) is 19.3 Å². The number of hydrogen-bond acceptors (Lipinski definition) is 3. The summed E-state index contributed by atoms with van der Waals surface area (Å²) in [7, 11) is 0. The van der Waals surface area contributed by atoms with E-state index in [0.717, 1.165) is 10.9 Å². The van der Waals surface area contributed by atoms with E-state index in [2.05, 4.69) is 5.16 Å². The van der Waals surface area contributed by atoms with Gasteiger partial charge in [-0.2, -0.15) is 0 Å². The Bertz CT molecular complexity index is 535. The van der Waals surface area contributed by atoms with Crippen molar-refractivity contribution >= 4 is 28.5 Å². The summed E-state index contributed by atoms with van der Waals surface area (Å²) in [5.74, 6) is -0.972. The van der Waals surface area contributed by atoms with Crippen molar-refractivity contribution in [1.29, 1.82) is 0 Å². The third-order valence-corrected chi connectivity index (χ3v) is 2.77. The number of aromatic nitrogens is 1. The zero-order chi connectivity index (χ0) is 11.7. The van der Waals surface area contributed by atoms with Gasteiger partial charge in [-0.15, -0.1) is 0 Å². The van der Waals surface area contributed by atoms with Crippen molar-refractivity contribution in [2.24, 2.45) is 0 Å². The number of hydrogen-bond donors (Lipinski definition) is 1. The van der Waals surface area contributed by atoms with Crippen LogP contribution in [0.5, 0.6) is 0 Å². The van der Waals surface area contributed by atoms with E-state index in [0.29, 0.717) is 10.7 Å². The van der Waals surface area contributed by atoms with E-state index in [-0.39, 0.29) is 12.3 Å². The smallest absolute Gasteiger partial charge is 0.303 e. The topological polar surface area (TPSA) is 63.3 Å². The molecule has 0 radical (unpaired) electrons. The Kier molecular flexibility index (Phi) is 2.83. The van der Waals surface area contributed by atoms with Crippen molar-refractivity contribution in [3.8, 4) is 0 Å². The number of carboxylic acid groups (broad SMARTS) is 1. The molecule has 84 valence electrons. The van der Waals surface area contributed by atoms with E-state index in [4.69, 9.17) is 21.2 Å². The lowest BCUT2D eigenvalue weighted by Gasteiger charge is -2.08. The van der Waals surface area contributed by atoms with Gasteiger partial charge in [-0.05, 0) is 12.0 Å². The van der Waals surface area contributed by atoms with Gasteiger partial charge in [0.15, 0.2) is 10.7 Å². The maximum Gasteiger partial charge on any atom is 0.303 e. The highest BCUT2D eigenvalue weighted by atomic mass is 35.5. The monoisotopic (exact) mass is 239 g/mol. The lowest BCUT2D eigenvalue weighted by molar-refractivity contribution is -0.137. The first-order chi connectivity index (χ1) is 7.59. The van der Waals surface area contributed by atoms with Crippen LogP contribution < -0.4 is 0 Å². The van der Waals surface area contributed by atoms with E-state index in [1.165, 1.54) is 0 Å². The molecule has 2 aromatic rings. The highest BCUT2D eigenvalue weighted by molar-refractivity contribution is 6.34. The minimum Gasteiger partial charge on any atom is -0.481 e. The SMILES string of the molecule is CC(CC(=O)O)c1cccc2c(Cl)noc12. The Labute approximate surface area is 96.8 Å². The molecular formula is C11H10ClNO3. The Hall–Kier alpha value is -1.55. The van der Waals surface area contributed by atoms with Crippen LogP contribution in [-0.4, -0.2) is 16.2 Å². The second kappa shape index (κ2) is 4.14. The van der Waals surface area contributed by atoms with Gasteiger partial charge in [0.05, 0.1) is 11.8 Å². The highest BCUT2D eigenvalue weighted by Gasteiger charge is 2.17. The largest absolute Gasteiger partial charge is 0.481 e. The Morgan fingerprint density at radius 2 is 2.38 bits per heavy atom. The maximum atomic E-state index is 10.7. The summed E-state index contributed by atoms with van der Waals surface area (Å²) in [6.07, 6.45) is 0.0530. The van der Waals surface area contributed by atoms with Gasteiger partial charge in [0.1, 0.15) is 0 Å². The van der Waals surface area contributed by atoms with Gasteiger partial charge < -0.3 is 9.63 Å². The molecule has 1 unspecified atom stereocenters. The highest BCUT2D eigenvalue weighted by Crippen LogP contribution is 2.31. The van der Waals surface area contributed by atoms with Gasteiger partial charge in [-0.1, -0.05) is 35.8 Å². The number of halogens is 1. The van der Waals surface area contributed by atoms with Crippen molar-refractivity contribution in [2.75, 3.05) is 0 Å². The number of fused-ring (bicyclic) bond motifs is 1. The van der Waals surface area contributed by atoms with Gasteiger partial charge in [0, 0.05) is 5.56 Å². The van der Waals surface area contributed by atoms with Crippen LogP contribution in [0.25, 0.3) is 11.0 Å². The van der Waals surface area contributed by atoms with Gasteiger partial charge in [-0.3, -0.25) is 4.79 Å². The van der Waals surface area contributed by atoms with E-state index < -0.39 is 5.97 Å². The number of rotatable bonds is 3. The number of carboxylic acids is 1. The fourth-order valence-corrected chi connectivity index (χ4v) is 1.90. The van der Waals surface area contributed by atoms with Crippen LogP contribution in [0.1, 0.15) is 24.8 Å². The summed E-state index contributed by atoms with van der Waals surface area (Å²) in [5.41, 5.74) is 1.39. The molecule has 0 aliphatic heterocycles. The predicted molar refractivity (Wildman–Crippen MR) is 59.7 cm³/mol. The number of benzene rings is 1. The van der Waals surface area contributed by atoms with Gasteiger partial charge in [-0.25, -0.2) is 0 Å². The summed E-state index contributed by atoms with van der Waals surface area (Å²) in [6, 6.07) is 5.45. The number of aliphatic carboxylic acids is 1. The zero-order valence-corrected chi connectivity index (χ0v) is 9.36. The van der Waals surface area contributed by atoms with Crippen LogP contribution in [0.3, 0.4) is 0 Å². The molecule has 0 spiro atoms. The van der Waals surface area contributed by atoms with E-state index in [9.17, 15) is 4.79 Å². The molecule has 0 saturated carbocycles. The first-order valence-electron chi connectivity index (χ1n) is 4.85. The van der Waals surface area contributed by atoms with Gasteiger partial charge >= 0.3 is 5.97 Å². The average molecular weight is 240 g/mol. The molecule has 0 aliphatic rings. The molecule has 4 nitrogen and oxygen atoms in total. The van der Waals surface area contributed by atoms with E-state index >= 15 is 0 Å². The van der Waals surface area contributed by atoms with Crippen molar-refractivity contribution in [3.05, 3.63) is 28.9 Å². The van der Waals surface area contributed by atoms with Gasteiger partial charge in [0.25, 0.3) is 0 Å². The molecule has 5 heteroatoms. The molecule has 1 aromatic carbocycles. The number of carbonyl (C=O) groups is 1. The van der Waals surface area contributed by atoms with Crippen LogP contribution in [0, 0.1) is 0 Å². The standard InChI is InChI=1S/C11H10ClNO3/c1-6(5-9(14)15)7-3-2-4-8-10(7)16-13-11(8)12/h2-4,6H,5H2,1H3,(H,14,15). The van der Waals surface area contributed by atoms with Crippen molar-refractivity contribution in [1.82, 2.24) is 5.16 Å². The minimum atomic E-state index is -0.838. The zero-order valence-electron chi connectivity index (χ0n) is 8.61. The number of para-hydroxylation sites is 1. The Morgan fingerprint density at radius 1 is 1.62 bits per heavy atom. The molecule has 1 atom stereocenters. The first-order valence-corrected chi connectivity index (χ1v) is 5.23. The molecule has 0 saturated heterocycles. The second-order valence-electron chi connectivity index (χ2n) is 3.70. The lowest BCUT2D eigenvalue weighted by atomic mass is 9.96. The number of nitrogens with zero attached hydrogens (tertiary/aromatic N) is 1. The molecular weight excluding hydrogens is 230 g/mol. The molecule has 0 aliphatic carbocycles. The third-order valence-electron chi connectivity index (χ3n) is 2.50. The summed E-state index contributed by atoms with van der Waals surface area (Å²) >= 11 is 5.83. The van der Waals surface area contributed by atoms with E-state index in [1.807, 2.05) is 19.1 Å². The second-order valence-corrected chi connectivity index (χ2v) is 4.05. The van der Waals surface area contributed by atoms with Crippen molar-refractivity contribution < 1.29 is 14.4 Å². The lowest BCUT2D eigenvalue weighted by Crippen LogP contribution is -2.02. The summed E-state index contributed by atoms with van der Waals surface area (Å²) in [6.45, 7) is 1.83. The first kappa shape index (κ1) is 11.0. The average Bonchev–Trinajstić information content (AvgIpc) is 2.59. The Balaban J connectivity index is 2.48. The third kappa shape index (κ3) is 1.88. The molecule has 2 rings (SSSR count). The van der Waals surface area contributed by atoms with Crippen LogP contribution in [0.15, 0.2) is 22.7 Å². The minimum absolute atomic E-state index is 0.0530. The predicted octanol–water partition coefficient (Wildman–Crippen LogP) is 3.06. The molecule has 1 aromatic heterocycles.